The summed E-state index contributed by atoms with van der Waals surface area (Å²) in [6, 6.07) is 5.93. The quantitative estimate of drug-likeness (QED) is 0.788. The van der Waals surface area contributed by atoms with Crippen LogP contribution in [0.5, 0.6) is 5.75 Å². The van der Waals surface area contributed by atoms with E-state index in [1.165, 1.54) is 12.8 Å². The highest BCUT2D eigenvalue weighted by molar-refractivity contribution is 6.58. The fourth-order valence-electron chi connectivity index (χ4n) is 3.10. The van der Waals surface area contributed by atoms with Gasteiger partial charge in [0.1, 0.15) is 5.75 Å². The third-order valence-corrected chi connectivity index (χ3v) is 4.16. The largest absolute Gasteiger partial charge is 0.496 e. The molecular weight excluding hydrogens is 253 g/mol. The third kappa shape index (κ3) is 3.34. The summed E-state index contributed by atoms with van der Waals surface area (Å²) in [7, 11) is 0.219. The van der Waals surface area contributed by atoms with Crippen LogP contribution in [0.2, 0.25) is 0 Å². The van der Waals surface area contributed by atoms with Crippen LogP contribution in [-0.2, 0) is 6.54 Å². The minimum Gasteiger partial charge on any atom is -0.496 e. The molecule has 0 radical (unpaired) electrons. The molecule has 0 aliphatic carbocycles. The van der Waals surface area contributed by atoms with Gasteiger partial charge in [0.05, 0.1) is 7.11 Å². The molecule has 1 aromatic carbocycles. The summed E-state index contributed by atoms with van der Waals surface area (Å²) < 4.78 is 5.40. The van der Waals surface area contributed by atoms with E-state index < -0.39 is 7.12 Å². The summed E-state index contributed by atoms with van der Waals surface area (Å²) in [6.45, 7) is 6.41. The Morgan fingerprint density at radius 2 is 2.15 bits per heavy atom. The topological polar surface area (TPSA) is 52.9 Å². The number of ether oxygens (including phenoxy) is 1. The maximum Gasteiger partial charge on any atom is 0.488 e. The van der Waals surface area contributed by atoms with Gasteiger partial charge in [-0.25, -0.2) is 0 Å². The SMILES string of the molecule is COc1ccc(B(O)O)cc1CN1CCCC1C(C)C. The summed E-state index contributed by atoms with van der Waals surface area (Å²) in [5.74, 6) is 1.44. The van der Waals surface area contributed by atoms with E-state index in [9.17, 15) is 10.0 Å². The van der Waals surface area contributed by atoms with Gasteiger partial charge in [0.25, 0.3) is 0 Å². The zero-order valence-corrected chi connectivity index (χ0v) is 12.5. The van der Waals surface area contributed by atoms with Gasteiger partial charge in [-0.2, -0.15) is 0 Å². The lowest BCUT2D eigenvalue weighted by Crippen LogP contribution is -2.34. The predicted octanol–water partition coefficient (Wildman–Crippen LogP) is 0.995. The highest BCUT2D eigenvalue weighted by atomic mass is 16.5. The number of rotatable bonds is 5. The molecule has 0 amide bonds. The van der Waals surface area contributed by atoms with Gasteiger partial charge in [0.2, 0.25) is 0 Å². The smallest absolute Gasteiger partial charge is 0.488 e. The first-order valence-corrected chi connectivity index (χ1v) is 7.30. The van der Waals surface area contributed by atoms with Gasteiger partial charge in [0, 0.05) is 18.2 Å². The van der Waals surface area contributed by atoms with Crippen molar-refractivity contribution in [3.05, 3.63) is 23.8 Å². The fraction of sp³-hybridized carbons (Fsp3) is 0.600. The van der Waals surface area contributed by atoms with Gasteiger partial charge < -0.3 is 14.8 Å². The van der Waals surface area contributed by atoms with Crippen molar-refractivity contribution in [2.24, 2.45) is 5.92 Å². The monoisotopic (exact) mass is 277 g/mol. The molecule has 1 heterocycles. The maximum absolute atomic E-state index is 9.31. The van der Waals surface area contributed by atoms with Crippen LogP contribution < -0.4 is 10.2 Å². The normalized spacial score (nSPS) is 19.6. The second-order valence-electron chi connectivity index (χ2n) is 5.87. The summed E-state index contributed by atoms with van der Waals surface area (Å²) in [4.78, 5) is 2.47. The molecule has 5 heteroatoms. The van der Waals surface area contributed by atoms with E-state index >= 15 is 0 Å². The van der Waals surface area contributed by atoms with E-state index in [1.54, 1.807) is 13.2 Å². The minimum absolute atomic E-state index is 0.515. The molecule has 0 spiro atoms. The van der Waals surface area contributed by atoms with Crippen molar-refractivity contribution in [3.63, 3.8) is 0 Å². The number of likely N-dealkylation sites (tertiary alicyclic amines) is 1. The molecule has 110 valence electrons. The van der Waals surface area contributed by atoms with E-state index in [4.69, 9.17) is 4.74 Å². The van der Waals surface area contributed by atoms with Crippen LogP contribution in [0.15, 0.2) is 18.2 Å². The molecule has 1 unspecified atom stereocenters. The van der Waals surface area contributed by atoms with Crippen molar-refractivity contribution in [1.82, 2.24) is 4.90 Å². The van der Waals surface area contributed by atoms with Gasteiger partial charge in [-0.1, -0.05) is 26.0 Å². The van der Waals surface area contributed by atoms with E-state index in [-0.39, 0.29) is 0 Å². The summed E-state index contributed by atoms with van der Waals surface area (Å²) in [6.07, 6.45) is 2.47. The van der Waals surface area contributed by atoms with Crippen LogP contribution in [-0.4, -0.2) is 41.8 Å². The molecule has 0 aromatic heterocycles. The highest BCUT2D eigenvalue weighted by Crippen LogP contribution is 2.28. The first-order chi connectivity index (χ1) is 9.52. The van der Waals surface area contributed by atoms with E-state index in [0.29, 0.717) is 17.4 Å². The molecule has 1 aliphatic heterocycles. The van der Waals surface area contributed by atoms with Crippen molar-refractivity contribution in [2.45, 2.75) is 39.3 Å². The number of hydrogen-bond acceptors (Lipinski definition) is 4. The van der Waals surface area contributed by atoms with Crippen molar-refractivity contribution in [2.75, 3.05) is 13.7 Å². The van der Waals surface area contributed by atoms with Crippen molar-refractivity contribution >= 4 is 12.6 Å². The molecule has 2 rings (SSSR count). The lowest BCUT2D eigenvalue weighted by atomic mass is 9.79. The lowest BCUT2D eigenvalue weighted by Gasteiger charge is -2.28. The molecule has 1 aliphatic rings. The van der Waals surface area contributed by atoms with Gasteiger partial charge in [-0.15, -0.1) is 0 Å². The Balaban J connectivity index is 2.20. The van der Waals surface area contributed by atoms with Crippen LogP contribution in [0, 0.1) is 5.92 Å². The first kappa shape index (κ1) is 15.4. The second-order valence-corrected chi connectivity index (χ2v) is 5.87. The van der Waals surface area contributed by atoms with Crippen molar-refractivity contribution in [3.8, 4) is 5.75 Å². The molecule has 1 aromatic rings. The van der Waals surface area contributed by atoms with E-state index in [2.05, 4.69) is 18.7 Å². The average Bonchev–Trinajstić information content (AvgIpc) is 2.87. The minimum atomic E-state index is -1.43. The molecule has 2 N–H and O–H groups in total. The first-order valence-electron chi connectivity index (χ1n) is 7.30. The van der Waals surface area contributed by atoms with Crippen LogP contribution >= 0.6 is 0 Å². The van der Waals surface area contributed by atoms with Crippen LogP contribution in [0.3, 0.4) is 0 Å². The van der Waals surface area contributed by atoms with Gasteiger partial charge in [-0.3, -0.25) is 4.90 Å². The molecular formula is C15H24BNO3. The summed E-state index contributed by atoms with van der Waals surface area (Å²) in [5.41, 5.74) is 1.53. The third-order valence-electron chi connectivity index (χ3n) is 4.16. The predicted molar refractivity (Wildman–Crippen MR) is 81.1 cm³/mol. The summed E-state index contributed by atoms with van der Waals surface area (Å²) >= 11 is 0. The Morgan fingerprint density at radius 1 is 1.40 bits per heavy atom. The number of nitrogens with zero attached hydrogens (tertiary/aromatic N) is 1. The zero-order chi connectivity index (χ0) is 14.7. The lowest BCUT2D eigenvalue weighted by molar-refractivity contribution is 0.196. The number of methoxy groups -OCH3 is 1. The van der Waals surface area contributed by atoms with Crippen molar-refractivity contribution in [1.29, 1.82) is 0 Å². The van der Waals surface area contributed by atoms with Crippen LogP contribution in [0.25, 0.3) is 0 Å². The zero-order valence-electron chi connectivity index (χ0n) is 12.5. The Morgan fingerprint density at radius 3 is 2.75 bits per heavy atom. The second kappa shape index (κ2) is 6.61. The van der Waals surface area contributed by atoms with Crippen LogP contribution in [0.1, 0.15) is 32.3 Å². The van der Waals surface area contributed by atoms with Crippen molar-refractivity contribution < 1.29 is 14.8 Å². The van der Waals surface area contributed by atoms with Crippen LogP contribution in [0.4, 0.5) is 0 Å². The standard InChI is InChI=1S/C15H24BNO3/c1-11(2)14-5-4-8-17(14)10-12-9-13(16(18)19)6-7-15(12)20-3/h6-7,9,11,14,18-19H,4-5,8,10H2,1-3H3. The Kier molecular flexibility index (Phi) is 5.08. The Hall–Kier alpha value is -1.04. The number of benzene rings is 1. The molecule has 20 heavy (non-hydrogen) atoms. The van der Waals surface area contributed by atoms with E-state index in [1.807, 2.05) is 12.1 Å². The fourth-order valence-corrected chi connectivity index (χ4v) is 3.10. The van der Waals surface area contributed by atoms with Gasteiger partial charge >= 0.3 is 7.12 Å². The van der Waals surface area contributed by atoms with Gasteiger partial charge in [-0.05, 0) is 36.8 Å². The average molecular weight is 277 g/mol. The molecule has 0 bridgehead atoms. The Bertz CT molecular complexity index is 451. The summed E-state index contributed by atoms with van der Waals surface area (Å²) in [5, 5.41) is 18.6. The molecule has 1 fully saturated rings. The Labute approximate surface area is 121 Å². The maximum atomic E-state index is 9.31. The molecule has 4 nitrogen and oxygen atoms in total. The number of hydrogen-bond donors (Lipinski definition) is 2. The molecule has 1 saturated heterocycles. The van der Waals surface area contributed by atoms with E-state index in [0.717, 1.165) is 24.4 Å². The van der Waals surface area contributed by atoms with Gasteiger partial charge in [0.15, 0.2) is 0 Å². The molecule has 0 saturated carbocycles. The highest BCUT2D eigenvalue weighted by Gasteiger charge is 2.27. The molecule has 1 atom stereocenters.